The average Bonchev–Trinajstić information content (AvgIpc) is 2.80. The summed E-state index contributed by atoms with van der Waals surface area (Å²) in [6.45, 7) is 9.07. The Kier molecular flexibility index (Phi) is 11.1. The molecule has 2 rings (SSSR count). The van der Waals surface area contributed by atoms with Crippen molar-refractivity contribution in [1.82, 2.24) is 0 Å². The number of hydrogen-bond acceptors (Lipinski definition) is 3. The SMILES string of the molecule is C=CCC(C=C)OCCCCCCCCOc1ccc(-c2ccc(C#N)cc2)cc1. The first-order valence-corrected chi connectivity index (χ1v) is 10.8. The molecule has 0 saturated heterocycles. The number of hydrogen-bond donors (Lipinski definition) is 0. The number of nitrogens with zero attached hydrogens (tertiary/aromatic N) is 1. The summed E-state index contributed by atoms with van der Waals surface area (Å²) in [5, 5.41) is 8.89. The summed E-state index contributed by atoms with van der Waals surface area (Å²) in [4.78, 5) is 0. The van der Waals surface area contributed by atoms with Crippen molar-refractivity contribution in [2.24, 2.45) is 0 Å². The molecule has 0 spiro atoms. The molecule has 0 aliphatic rings. The van der Waals surface area contributed by atoms with Gasteiger partial charge in [-0.25, -0.2) is 0 Å². The molecule has 0 aliphatic carbocycles. The zero-order valence-corrected chi connectivity index (χ0v) is 17.9. The Labute approximate surface area is 181 Å². The Morgan fingerprint density at radius 2 is 1.37 bits per heavy atom. The molecule has 0 fully saturated rings. The first-order chi connectivity index (χ1) is 14.8. The average molecular weight is 404 g/mol. The highest BCUT2D eigenvalue weighted by Gasteiger charge is 2.02. The van der Waals surface area contributed by atoms with Gasteiger partial charge in [0.15, 0.2) is 0 Å². The van der Waals surface area contributed by atoms with E-state index in [0.29, 0.717) is 5.56 Å². The highest BCUT2D eigenvalue weighted by atomic mass is 16.5. The summed E-state index contributed by atoms with van der Waals surface area (Å²) in [6, 6.07) is 17.9. The molecule has 2 aromatic rings. The van der Waals surface area contributed by atoms with E-state index in [1.54, 1.807) is 0 Å². The van der Waals surface area contributed by atoms with Crippen LogP contribution in [0.15, 0.2) is 73.8 Å². The van der Waals surface area contributed by atoms with Crippen LogP contribution in [0.5, 0.6) is 5.75 Å². The van der Waals surface area contributed by atoms with Crippen molar-refractivity contribution in [3.63, 3.8) is 0 Å². The second kappa shape index (κ2) is 14.2. The Hall–Kier alpha value is -2.83. The van der Waals surface area contributed by atoms with Gasteiger partial charge >= 0.3 is 0 Å². The van der Waals surface area contributed by atoms with E-state index in [1.807, 2.05) is 48.6 Å². The second-order valence-electron chi connectivity index (χ2n) is 7.35. The van der Waals surface area contributed by atoms with Crippen LogP contribution in [0.25, 0.3) is 11.1 Å². The summed E-state index contributed by atoms with van der Waals surface area (Å²) in [5.74, 6) is 0.904. The Morgan fingerprint density at radius 1 is 0.800 bits per heavy atom. The van der Waals surface area contributed by atoms with Gasteiger partial charge in [-0.15, -0.1) is 13.2 Å². The molecule has 2 aromatic carbocycles. The molecule has 3 nitrogen and oxygen atoms in total. The first-order valence-electron chi connectivity index (χ1n) is 10.8. The third-order valence-electron chi connectivity index (χ3n) is 5.00. The molecule has 0 saturated carbocycles. The maximum Gasteiger partial charge on any atom is 0.119 e. The van der Waals surface area contributed by atoms with Gasteiger partial charge in [-0.3, -0.25) is 0 Å². The third kappa shape index (κ3) is 8.68. The molecular weight excluding hydrogens is 370 g/mol. The lowest BCUT2D eigenvalue weighted by molar-refractivity contribution is 0.0841. The summed E-state index contributed by atoms with van der Waals surface area (Å²) < 4.78 is 11.6. The molecule has 0 aliphatic heterocycles. The Bertz CT molecular complexity index is 787. The fourth-order valence-corrected chi connectivity index (χ4v) is 3.21. The van der Waals surface area contributed by atoms with Crippen molar-refractivity contribution >= 4 is 0 Å². The van der Waals surface area contributed by atoms with Crippen LogP contribution in [0.4, 0.5) is 0 Å². The monoisotopic (exact) mass is 403 g/mol. The fourth-order valence-electron chi connectivity index (χ4n) is 3.21. The van der Waals surface area contributed by atoms with Crippen LogP contribution in [0, 0.1) is 11.3 Å². The predicted molar refractivity (Wildman–Crippen MR) is 125 cm³/mol. The summed E-state index contributed by atoms with van der Waals surface area (Å²) in [7, 11) is 0. The number of unbranched alkanes of at least 4 members (excludes halogenated alkanes) is 5. The van der Waals surface area contributed by atoms with E-state index in [2.05, 4.69) is 31.4 Å². The van der Waals surface area contributed by atoms with Gasteiger partial charge in [0.25, 0.3) is 0 Å². The van der Waals surface area contributed by atoms with Crippen molar-refractivity contribution in [2.75, 3.05) is 13.2 Å². The van der Waals surface area contributed by atoms with Gasteiger partial charge < -0.3 is 9.47 Å². The van der Waals surface area contributed by atoms with Crippen molar-refractivity contribution in [2.45, 2.75) is 51.0 Å². The third-order valence-corrected chi connectivity index (χ3v) is 5.00. The minimum atomic E-state index is 0.109. The van der Waals surface area contributed by atoms with Gasteiger partial charge in [0, 0.05) is 6.61 Å². The summed E-state index contributed by atoms with van der Waals surface area (Å²) in [5.41, 5.74) is 2.91. The van der Waals surface area contributed by atoms with E-state index >= 15 is 0 Å². The molecule has 1 atom stereocenters. The topological polar surface area (TPSA) is 42.2 Å². The van der Waals surface area contributed by atoms with E-state index in [1.165, 1.54) is 25.7 Å². The molecule has 0 amide bonds. The molecule has 30 heavy (non-hydrogen) atoms. The second-order valence-corrected chi connectivity index (χ2v) is 7.35. The zero-order valence-electron chi connectivity index (χ0n) is 17.9. The number of nitriles is 1. The van der Waals surface area contributed by atoms with Gasteiger partial charge in [-0.2, -0.15) is 5.26 Å². The minimum absolute atomic E-state index is 0.109. The Balaban J connectivity index is 1.53. The van der Waals surface area contributed by atoms with Gasteiger partial charge in [-0.1, -0.05) is 62.1 Å². The smallest absolute Gasteiger partial charge is 0.119 e. The molecule has 158 valence electrons. The van der Waals surface area contributed by atoms with Crippen LogP contribution in [0.1, 0.15) is 50.5 Å². The normalized spacial score (nSPS) is 11.4. The standard InChI is InChI=1S/C27H33NO2/c1-3-11-26(4-2)29-20-9-7-5-6-8-10-21-30-27-18-16-25(17-19-27)24-14-12-23(22-28)13-15-24/h3-4,12-19,26H,1-2,5-11,20-21H2. The summed E-state index contributed by atoms with van der Waals surface area (Å²) >= 11 is 0. The molecule has 0 aromatic heterocycles. The lowest BCUT2D eigenvalue weighted by atomic mass is 10.0. The predicted octanol–water partition coefficient (Wildman–Crippen LogP) is 7.09. The van der Waals surface area contributed by atoms with Crippen molar-refractivity contribution in [3.05, 3.63) is 79.4 Å². The minimum Gasteiger partial charge on any atom is -0.494 e. The molecule has 3 heteroatoms. The van der Waals surface area contributed by atoms with Crippen molar-refractivity contribution < 1.29 is 9.47 Å². The molecule has 0 heterocycles. The van der Waals surface area contributed by atoms with Gasteiger partial charge in [0.2, 0.25) is 0 Å². The molecule has 0 radical (unpaired) electrons. The van der Waals surface area contributed by atoms with E-state index in [9.17, 15) is 0 Å². The number of benzene rings is 2. The van der Waals surface area contributed by atoms with E-state index < -0.39 is 0 Å². The van der Waals surface area contributed by atoms with Crippen LogP contribution in [0.2, 0.25) is 0 Å². The van der Waals surface area contributed by atoms with Crippen LogP contribution in [-0.2, 0) is 4.74 Å². The van der Waals surface area contributed by atoms with E-state index in [4.69, 9.17) is 14.7 Å². The van der Waals surface area contributed by atoms with Gasteiger partial charge in [0.1, 0.15) is 5.75 Å². The lowest BCUT2D eigenvalue weighted by Gasteiger charge is -2.11. The molecular formula is C27H33NO2. The van der Waals surface area contributed by atoms with E-state index in [0.717, 1.165) is 49.4 Å². The van der Waals surface area contributed by atoms with Crippen LogP contribution in [0.3, 0.4) is 0 Å². The highest BCUT2D eigenvalue weighted by molar-refractivity contribution is 5.64. The van der Waals surface area contributed by atoms with E-state index in [-0.39, 0.29) is 6.10 Å². The van der Waals surface area contributed by atoms with Gasteiger partial charge in [-0.05, 0) is 54.7 Å². The van der Waals surface area contributed by atoms with Gasteiger partial charge in [0.05, 0.1) is 24.3 Å². The number of ether oxygens (including phenoxy) is 2. The number of rotatable bonds is 15. The largest absolute Gasteiger partial charge is 0.494 e. The van der Waals surface area contributed by atoms with Crippen LogP contribution >= 0.6 is 0 Å². The summed E-state index contributed by atoms with van der Waals surface area (Å²) in [6.07, 6.45) is 11.7. The molecule has 0 N–H and O–H groups in total. The maximum absolute atomic E-state index is 8.89. The fraction of sp³-hybridized carbons (Fsp3) is 0.370. The van der Waals surface area contributed by atoms with Crippen molar-refractivity contribution in [1.29, 1.82) is 5.26 Å². The van der Waals surface area contributed by atoms with Crippen LogP contribution in [-0.4, -0.2) is 19.3 Å². The van der Waals surface area contributed by atoms with Crippen LogP contribution < -0.4 is 4.74 Å². The quantitative estimate of drug-likeness (QED) is 0.235. The van der Waals surface area contributed by atoms with Crippen molar-refractivity contribution in [3.8, 4) is 22.9 Å². The molecule has 0 bridgehead atoms. The Morgan fingerprint density at radius 3 is 1.93 bits per heavy atom. The lowest BCUT2D eigenvalue weighted by Crippen LogP contribution is -2.09. The first kappa shape index (κ1) is 23.4. The molecule has 1 unspecified atom stereocenters. The maximum atomic E-state index is 8.89. The highest BCUT2D eigenvalue weighted by Crippen LogP contribution is 2.23. The zero-order chi connectivity index (χ0) is 21.4.